The van der Waals surface area contributed by atoms with Gasteiger partial charge in [0.05, 0.1) is 17.2 Å². The second-order valence-electron chi connectivity index (χ2n) is 6.08. The maximum Gasteiger partial charge on any atom is 0.193 e. The van der Waals surface area contributed by atoms with Crippen molar-refractivity contribution in [2.45, 2.75) is 32.2 Å². The fraction of sp³-hybridized carbons (Fsp3) is 0.444. The van der Waals surface area contributed by atoms with Gasteiger partial charge in [0, 0.05) is 31.9 Å². The zero-order valence-corrected chi connectivity index (χ0v) is 17.6. The third kappa shape index (κ3) is 4.47. The third-order valence-electron chi connectivity index (χ3n) is 4.40. The molecule has 0 amide bonds. The Morgan fingerprint density at radius 2 is 2.21 bits per heavy atom. The molecule has 1 aliphatic carbocycles. The molecule has 1 heterocycles. The van der Waals surface area contributed by atoms with E-state index in [9.17, 15) is 0 Å². The number of hydrogen-bond donors (Lipinski definition) is 1. The van der Waals surface area contributed by atoms with Crippen LogP contribution in [0.25, 0.3) is 0 Å². The minimum Gasteiger partial charge on any atom is -0.356 e. The Bertz CT molecular complexity index is 698. The molecule has 130 valence electrons. The predicted octanol–water partition coefficient (Wildman–Crippen LogP) is 3.81. The number of aliphatic imine (C=N–C) groups is 1. The molecule has 4 nitrogen and oxygen atoms in total. The number of fused-ring (bicyclic) bond motifs is 1. The van der Waals surface area contributed by atoms with Crippen molar-refractivity contribution in [1.82, 2.24) is 15.2 Å². The molecular formula is C18H25IN4S. The van der Waals surface area contributed by atoms with E-state index in [-0.39, 0.29) is 24.0 Å². The van der Waals surface area contributed by atoms with Crippen LogP contribution in [-0.4, -0.2) is 36.5 Å². The molecule has 0 radical (unpaired) electrons. The van der Waals surface area contributed by atoms with Crippen LogP contribution in [0.1, 0.15) is 34.2 Å². The van der Waals surface area contributed by atoms with Crippen molar-refractivity contribution in [2.75, 3.05) is 20.6 Å². The molecule has 0 saturated carbocycles. The third-order valence-corrected chi connectivity index (χ3v) is 5.23. The average Bonchev–Trinajstić information content (AvgIpc) is 3.14. The fourth-order valence-electron chi connectivity index (χ4n) is 3.26. The Morgan fingerprint density at radius 1 is 1.42 bits per heavy atom. The van der Waals surface area contributed by atoms with Crippen LogP contribution in [0.5, 0.6) is 0 Å². The number of guanidine groups is 1. The summed E-state index contributed by atoms with van der Waals surface area (Å²) in [5, 5.41) is 6.76. The second-order valence-corrected chi connectivity index (χ2v) is 7.14. The van der Waals surface area contributed by atoms with E-state index in [0.717, 1.165) is 29.8 Å². The first-order valence-electron chi connectivity index (χ1n) is 8.08. The van der Waals surface area contributed by atoms with Crippen molar-refractivity contribution in [3.8, 4) is 0 Å². The van der Waals surface area contributed by atoms with Gasteiger partial charge >= 0.3 is 0 Å². The quantitative estimate of drug-likeness (QED) is 0.432. The topological polar surface area (TPSA) is 40.5 Å². The average molecular weight is 456 g/mol. The summed E-state index contributed by atoms with van der Waals surface area (Å²) >= 11 is 1.69. The van der Waals surface area contributed by atoms with Crippen LogP contribution in [0.2, 0.25) is 0 Å². The van der Waals surface area contributed by atoms with Gasteiger partial charge in [0.15, 0.2) is 5.96 Å². The molecule has 0 aliphatic heterocycles. The van der Waals surface area contributed by atoms with E-state index in [1.54, 1.807) is 11.3 Å². The monoisotopic (exact) mass is 456 g/mol. The highest BCUT2D eigenvalue weighted by Crippen LogP contribution is 2.32. The zero-order chi connectivity index (χ0) is 16.2. The van der Waals surface area contributed by atoms with Gasteiger partial charge in [-0.25, -0.2) is 4.98 Å². The van der Waals surface area contributed by atoms with Gasteiger partial charge in [-0.3, -0.25) is 4.99 Å². The SMILES string of the molecule is CN=C(NCC1CCc2ccccc21)N(C)Cc1csc(C)n1.I. The highest BCUT2D eigenvalue weighted by atomic mass is 127. The summed E-state index contributed by atoms with van der Waals surface area (Å²) in [6, 6.07) is 8.79. The molecule has 6 heteroatoms. The first-order chi connectivity index (χ1) is 11.2. The fourth-order valence-corrected chi connectivity index (χ4v) is 3.86. The smallest absolute Gasteiger partial charge is 0.193 e. The molecule has 1 aromatic heterocycles. The Morgan fingerprint density at radius 3 is 2.92 bits per heavy atom. The van der Waals surface area contributed by atoms with Gasteiger partial charge in [-0.15, -0.1) is 35.3 Å². The number of rotatable bonds is 4. The molecule has 1 aliphatic rings. The van der Waals surface area contributed by atoms with Gasteiger partial charge in [0.2, 0.25) is 0 Å². The summed E-state index contributed by atoms with van der Waals surface area (Å²) < 4.78 is 0. The van der Waals surface area contributed by atoms with Crippen LogP contribution in [0, 0.1) is 6.92 Å². The Hall–Kier alpha value is -1.15. The maximum absolute atomic E-state index is 4.53. The first-order valence-corrected chi connectivity index (χ1v) is 8.96. The predicted molar refractivity (Wildman–Crippen MR) is 113 cm³/mol. The number of halogens is 1. The largest absolute Gasteiger partial charge is 0.356 e. The minimum atomic E-state index is 0. The summed E-state index contributed by atoms with van der Waals surface area (Å²) in [6.45, 7) is 3.76. The van der Waals surface area contributed by atoms with E-state index in [0.29, 0.717) is 5.92 Å². The summed E-state index contributed by atoms with van der Waals surface area (Å²) in [7, 11) is 3.90. The highest BCUT2D eigenvalue weighted by molar-refractivity contribution is 14.0. The van der Waals surface area contributed by atoms with Crippen molar-refractivity contribution in [3.05, 3.63) is 51.5 Å². The lowest BCUT2D eigenvalue weighted by molar-refractivity contribution is 0.466. The lowest BCUT2D eigenvalue weighted by Crippen LogP contribution is -2.40. The molecule has 1 aromatic carbocycles. The second kappa shape index (κ2) is 8.80. The lowest BCUT2D eigenvalue weighted by atomic mass is 10.0. The van der Waals surface area contributed by atoms with Crippen LogP contribution >= 0.6 is 35.3 Å². The van der Waals surface area contributed by atoms with Crippen LogP contribution in [0.15, 0.2) is 34.6 Å². The first kappa shape index (κ1) is 19.2. The number of hydrogen-bond acceptors (Lipinski definition) is 3. The van der Waals surface area contributed by atoms with Crippen molar-refractivity contribution in [3.63, 3.8) is 0 Å². The Kier molecular flexibility index (Phi) is 7.03. The normalized spacial score (nSPS) is 16.5. The maximum atomic E-state index is 4.53. The van der Waals surface area contributed by atoms with Crippen molar-refractivity contribution < 1.29 is 0 Å². The van der Waals surface area contributed by atoms with Gasteiger partial charge in [0.1, 0.15) is 0 Å². The minimum absolute atomic E-state index is 0. The number of nitrogens with zero attached hydrogens (tertiary/aromatic N) is 3. The lowest BCUT2D eigenvalue weighted by Gasteiger charge is -2.23. The zero-order valence-electron chi connectivity index (χ0n) is 14.5. The molecule has 1 N–H and O–H groups in total. The van der Waals surface area contributed by atoms with Gasteiger partial charge in [-0.2, -0.15) is 0 Å². The van der Waals surface area contributed by atoms with E-state index in [1.807, 2.05) is 14.0 Å². The van der Waals surface area contributed by atoms with Crippen molar-refractivity contribution in [2.24, 2.45) is 4.99 Å². The molecular weight excluding hydrogens is 431 g/mol. The highest BCUT2D eigenvalue weighted by Gasteiger charge is 2.22. The number of aryl methyl sites for hydroxylation is 2. The van der Waals surface area contributed by atoms with Crippen molar-refractivity contribution in [1.29, 1.82) is 0 Å². The van der Waals surface area contributed by atoms with Crippen LogP contribution in [0.4, 0.5) is 0 Å². The van der Waals surface area contributed by atoms with E-state index < -0.39 is 0 Å². The standard InChI is InChI=1S/C18H24N4S.HI/c1-13-21-16(12-23-13)11-22(3)18(19-2)20-10-15-9-8-14-6-4-5-7-17(14)15;/h4-7,12,15H,8-11H2,1-3H3,(H,19,20);1H. The Balaban J connectivity index is 0.00000208. The molecule has 0 fully saturated rings. The molecule has 1 atom stereocenters. The molecule has 0 spiro atoms. The number of nitrogens with one attached hydrogen (secondary N) is 1. The molecule has 24 heavy (non-hydrogen) atoms. The van der Waals surface area contributed by atoms with Gasteiger partial charge < -0.3 is 10.2 Å². The molecule has 1 unspecified atom stereocenters. The van der Waals surface area contributed by atoms with Gasteiger partial charge in [-0.05, 0) is 30.9 Å². The Labute approximate surface area is 165 Å². The summed E-state index contributed by atoms with van der Waals surface area (Å²) in [5.74, 6) is 1.51. The summed E-state index contributed by atoms with van der Waals surface area (Å²) in [6.07, 6.45) is 2.41. The van der Waals surface area contributed by atoms with E-state index >= 15 is 0 Å². The molecule has 2 aromatic rings. The summed E-state index contributed by atoms with van der Waals surface area (Å²) in [4.78, 5) is 11.1. The number of thiazole rings is 1. The number of aromatic nitrogens is 1. The van der Waals surface area contributed by atoms with Crippen molar-refractivity contribution >= 4 is 41.3 Å². The summed E-state index contributed by atoms with van der Waals surface area (Å²) in [5.41, 5.74) is 4.10. The van der Waals surface area contributed by atoms with Gasteiger partial charge in [-0.1, -0.05) is 24.3 Å². The van der Waals surface area contributed by atoms with Crippen LogP contribution < -0.4 is 5.32 Å². The van der Waals surface area contributed by atoms with Crippen LogP contribution in [-0.2, 0) is 13.0 Å². The van der Waals surface area contributed by atoms with E-state index in [1.165, 1.54) is 24.0 Å². The van der Waals surface area contributed by atoms with Crippen LogP contribution in [0.3, 0.4) is 0 Å². The molecule has 0 saturated heterocycles. The number of benzene rings is 1. The molecule has 3 rings (SSSR count). The molecule has 0 bridgehead atoms. The van der Waals surface area contributed by atoms with E-state index in [4.69, 9.17) is 0 Å². The van der Waals surface area contributed by atoms with Gasteiger partial charge in [0.25, 0.3) is 0 Å². The van der Waals surface area contributed by atoms with E-state index in [2.05, 4.69) is 56.9 Å².